The summed E-state index contributed by atoms with van der Waals surface area (Å²) < 4.78 is 4.98. The summed E-state index contributed by atoms with van der Waals surface area (Å²) in [5, 5.41) is 5.02. The van der Waals surface area contributed by atoms with Crippen LogP contribution in [0.3, 0.4) is 0 Å². The molecule has 0 spiro atoms. The van der Waals surface area contributed by atoms with Crippen LogP contribution in [0.2, 0.25) is 0 Å². The monoisotopic (exact) mass is 824 g/mol. The fourth-order valence-electron chi connectivity index (χ4n) is 8.98. The maximum absolute atomic E-state index is 5.70. The molecule has 4 heteroatoms. The van der Waals surface area contributed by atoms with Crippen molar-refractivity contribution in [1.29, 1.82) is 0 Å². The van der Waals surface area contributed by atoms with Gasteiger partial charge in [0.05, 0.1) is 11.4 Å². The van der Waals surface area contributed by atoms with Crippen LogP contribution in [0.25, 0.3) is 119 Å². The van der Waals surface area contributed by atoms with E-state index >= 15 is 0 Å². The molecule has 12 rings (SSSR count). The van der Waals surface area contributed by atoms with Gasteiger partial charge >= 0.3 is 0 Å². The number of benzene rings is 9. The van der Waals surface area contributed by atoms with Gasteiger partial charge in [-0.05, 0) is 80.9 Å². The second-order valence-corrected chi connectivity index (χ2v) is 17.8. The molecule has 0 amide bonds. The van der Waals surface area contributed by atoms with Crippen molar-refractivity contribution in [2.24, 2.45) is 0 Å². The van der Waals surface area contributed by atoms with Crippen LogP contribution < -0.4 is 0 Å². The molecule has 0 unspecified atom stereocenters. The quantitative estimate of drug-likeness (QED) is 0.160. The summed E-state index contributed by atoms with van der Waals surface area (Å²) in [5.74, 6) is 0.687. The predicted octanol–water partition coefficient (Wildman–Crippen LogP) is 16.9. The van der Waals surface area contributed by atoms with Gasteiger partial charge in [-0.15, -0.1) is 22.7 Å². The molecule has 0 N–H and O–H groups in total. The average molecular weight is 825 g/mol. The summed E-state index contributed by atoms with van der Waals surface area (Å²) in [6, 6.07) is 78.6. The maximum Gasteiger partial charge on any atom is 0.161 e. The number of nitrogens with zero attached hydrogens (tertiary/aromatic N) is 2. The van der Waals surface area contributed by atoms with Gasteiger partial charge in [0.15, 0.2) is 5.82 Å². The van der Waals surface area contributed by atoms with Crippen molar-refractivity contribution < 1.29 is 0 Å². The summed E-state index contributed by atoms with van der Waals surface area (Å²) >= 11 is 3.67. The van der Waals surface area contributed by atoms with Crippen LogP contribution in [-0.4, -0.2) is 9.97 Å². The highest BCUT2D eigenvalue weighted by Crippen LogP contribution is 2.47. The van der Waals surface area contributed by atoms with Gasteiger partial charge in [-0.1, -0.05) is 182 Å². The van der Waals surface area contributed by atoms with Gasteiger partial charge in [-0.25, -0.2) is 9.97 Å². The van der Waals surface area contributed by atoms with Crippen LogP contribution >= 0.6 is 22.7 Å². The highest BCUT2D eigenvalue weighted by atomic mass is 32.1. The molecule has 12 aromatic rings. The number of thiophene rings is 2. The van der Waals surface area contributed by atoms with E-state index in [1.165, 1.54) is 45.9 Å². The largest absolute Gasteiger partial charge is 0.228 e. The molecule has 2 nitrogen and oxygen atoms in total. The summed E-state index contributed by atoms with van der Waals surface area (Å²) in [4.78, 5) is 11.4. The first kappa shape index (κ1) is 36.4. The first-order valence-corrected chi connectivity index (χ1v) is 22.5. The lowest BCUT2D eigenvalue weighted by molar-refractivity contribution is 1.19. The average Bonchev–Trinajstić information content (AvgIpc) is 3.93. The Morgan fingerprint density at radius 3 is 1.26 bits per heavy atom. The Morgan fingerprint density at radius 1 is 0.274 bits per heavy atom. The fraction of sp³-hybridized carbons (Fsp3) is 0. The minimum absolute atomic E-state index is 0.687. The molecule has 290 valence electrons. The van der Waals surface area contributed by atoms with E-state index in [1.54, 1.807) is 0 Å². The van der Waals surface area contributed by atoms with Crippen molar-refractivity contribution in [2.45, 2.75) is 0 Å². The lowest BCUT2D eigenvalue weighted by atomic mass is 9.86. The van der Waals surface area contributed by atoms with Gasteiger partial charge < -0.3 is 0 Å². The Kier molecular flexibility index (Phi) is 8.91. The molecule has 0 aliphatic heterocycles. The van der Waals surface area contributed by atoms with Gasteiger partial charge in [0.1, 0.15) is 0 Å². The number of aromatic nitrogens is 2. The molecular weight excluding hydrogens is 789 g/mol. The molecule has 0 aliphatic carbocycles. The topological polar surface area (TPSA) is 25.8 Å². The van der Waals surface area contributed by atoms with Crippen LogP contribution in [0.15, 0.2) is 218 Å². The fourth-order valence-corrected chi connectivity index (χ4v) is 11.4. The summed E-state index contributed by atoms with van der Waals surface area (Å²) in [6.45, 7) is 0. The Balaban J connectivity index is 1.20. The highest BCUT2D eigenvalue weighted by Gasteiger charge is 2.23. The molecule has 3 heterocycles. The van der Waals surface area contributed by atoms with E-state index in [0.717, 1.165) is 67.0 Å². The summed E-state index contributed by atoms with van der Waals surface area (Å²) in [6.07, 6.45) is 0. The molecule has 3 aromatic heterocycles. The van der Waals surface area contributed by atoms with Gasteiger partial charge in [-0.3, -0.25) is 0 Å². The Hall–Kier alpha value is -7.50. The Bertz CT molecular complexity index is 3490. The highest BCUT2D eigenvalue weighted by molar-refractivity contribution is 7.26. The second kappa shape index (κ2) is 15.2. The second-order valence-electron chi connectivity index (χ2n) is 15.6. The summed E-state index contributed by atoms with van der Waals surface area (Å²) in [5.41, 5.74) is 14.0. The van der Waals surface area contributed by atoms with Gasteiger partial charge in [-0.2, -0.15) is 0 Å². The first-order chi connectivity index (χ1) is 30.7. The molecule has 0 radical (unpaired) electrons. The third kappa shape index (κ3) is 6.31. The minimum Gasteiger partial charge on any atom is -0.228 e. The van der Waals surface area contributed by atoms with Gasteiger partial charge in [0.2, 0.25) is 0 Å². The van der Waals surface area contributed by atoms with E-state index in [0.29, 0.717) is 5.82 Å². The van der Waals surface area contributed by atoms with Crippen molar-refractivity contribution in [3.63, 3.8) is 0 Å². The first-order valence-electron chi connectivity index (χ1n) is 20.9. The van der Waals surface area contributed by atoms with Crippen LogP contribution in [0, 0.1) is 0 Å². The third-order valence-electron chi connectivity index (χ3n) is 11.9. The number of hydrogen-bond donors (Lipinski definition) is 0. The molecule has 9 aromatic carbocycles. The van der Waals surface area contributed by atoms with Crippen LogP contribution in [-0.2, 0) is 0 Å². The van der Waals surface area contributed by atoms with Crippen molar-refractivity contribution in [3.8, 4) is 78.4 Å². The van der Waals surface area contributed by atoms with E-state index in [1.807, 2.05) is 22.7 Å². The van der Waals surface area contributed by atoms with Crippen molar-refractivity contribution in [3.05, 3.63) is 218 Å². The Morgan fingerprint density at radius 2 is 0.694 bits per heavy atom. The molecule has 0 saturated heterocycles. The molecule has 62 heavy (non-hydrogen) atoms. The van der Waals surface area contributed by atoms with E-state index in [9.17, 15) is 0 Å². The Labute approximate surface area is 367 Å². The van der Waals surface area contributed by atoms with E-state index < -0.39 is 0 Å². The third-order valence-corrected chi connectivity index (χ3v) is 14.4. The molecule has 0 bridgehead atoms. The normalized spacial score (nSPS) is 11.5. The van der Waals surface area contributed by atoms with Gasteiger partial charge in [0.25, 0.3) is 0 Å². The number of hydrogen-bond acceptors (Lipinski definition) is 4. The van der Waals surface area contributed by atoms with E-state index in [2.05, 4.69) is 218 Å². The summed E-state index contributed by atoms with van der Waals surface area (Å²) in [7, 11) is 0. The van der Waals surface area contributed by atoms with E-state index in [4.69, 9.17) is 9.97 Å². The lowest BCUT2D eigenvalue weighted by Crippen LogP contribution is -2.00. The zero-order valence-corrected chi connectivity index (χ0v) is 35.1. The smallest absolute Gasteiger partial charge is 0.161 e. The standard InChI is InChI=1S/C58H36N2S2/c1-4-17-37(18-5-1)40-23-14-24-41(33-40)50-35-42(38-19-6-2-7-20-38)34-49(39-21-8-3-9-22-39)55(50)58-59-51(47-29-15-27-45-43-25-10-12-31-53(43)61-56(45)47)36-52(60-58)48-30-16-28-46-44-26-11-13-32-54(44)62-57(46)48/h1-36H. The van der Waals surface area contributed by atoms with Crippen molar-refractivity contribution in [1.82, 2.24) is 9.97 Å². The van der Waals surface area contributed by atoms with Crippen molar-refractivity contribution in [2.75, 3.05) is 0 Å². The van der Waals surface area contributed by atoms with Crippen molar-refractivity contribution >= 4 is 63.0 Å². The SMILES string of the molecule is c1ccc(-c2cccc(-c3cc(-c4ccccc4)cc(-c4ccccc4)c3-c3nc(-c4cccc5c4sc4ccccc45)cc(-c4cccc5c4sc4ccccc45)n3)c2)cc1. The molecule has 0 atom stereocenters. The van der Waals surface area contributed by atoms with Crippen LogP contribution in [0.4, 0.5) is 0 Å². The molecule has 0 aliphatic rings. The zero-order valence-electron chi connectivity index (χ0n) is 33.5. The van der Waals surface area contributed by atoms with Crippen LogP contribution in [0.1, 0.15) is 0 Å². The molecule has 0 saturated carbocycles. The maximum atomic E-state index is 5.70. The molecular formula is C58H36N2S2. The number of rotatable bonds is 7. The zero-order chi connectivity index (χ0) is 41.0. The predicted molar refractivity (Wildman–Crippen MR) is 266 cm³/mol. The molecule has 0 fully saturated rings. The van der Waals surface area contributed by atoms with Crippen LogP contribution in [0.5, 0.6) is 0 Å². The number of fused-ring (bicyclic) bond motifs is 6. The minimum atomic E-state index is 0.687. The lowest BCUT2D eigenvalue weighted by Gasteiger charge is -2.20. The van der Waals surface area contributed by atoms with E-state index in [-0.39, 0.29) is 0 Å². The van der Waals surface area contributed by atoms with Gasteiger partial charge in [0, 0.05) is 57.0 Å².